The highest BCUT2D eigenvalue weighted by Gasteiger charge is 2.06. The number of imidazole rings is 1. The zero-order chi connectivity index (χ0) is 10.4. The van der Waals surface area contributed by atoms with Gasteiger partial charge in [-0.05, 0) is 32.7 Å². The summed E-state index contributed by atoms with van der Waals surface area (Å²) in [5, 5.41) is 0. The topological polar surface area (TPSA) is 69.9 Å². The summed E-state index contributed by atoms with van der Waals surface area (Å²) < 4.78 is 2.02. The molecule has 0 saturated carbocycles. The predicted molar refractivity (Wildman–Crippen MR) is 57.7 cm³/mol. The van der Waals surface area contributed by atoms with E-state index >= 15 is 0 Å². The third kappa shape index (κ3) is 3.12. The van der Waals surface area contributed by atoms with E-state index in [1.54, 1.807) is 6.20 Å². The summed E-state index contributed by atoms with van der Waals surface area (Å²) >= 11 is 0. The molecule has 14 heavy (non-hydrogen) atoms. The van der Waals surface area contributed by atoms with Gasteiger partial charge in [0.05, 0.1) is 6.17 Å². The van der Waals surface area contributed by atoms with Crippen LogP contribution >= 0.6 is 0 Å². The first-order valence-electron chi connectivity index (χ1n) is 5.20. The van der Waals surface area contributed by atoms with Gasteiger partial charge in [0.25, 0.3) is 0 Å². The van der Waals surface area contributed by atoms with Crippen LogP contribution in [0, 0.1) is 6.92 Å². The second-order valence-corrected chi connectivity index (χ2v) is 3.59. The van der Waals surface area contributed by atoms with Gasteiger partial charge in [-0.15, -0.1) is 0 Å². The first-order chi connectivity index (χ1) is 6.75. The van der Waals surface area contributed by atoms with Gasteiger partial charge >= 0.3 is 0 Å². The van der Waals surface area contributed by atoms with E-state index in [2.05, 4.69) is 4.98 Å². The number of aryl methyl sites for hydroxylation is 1. The minimum Gasteiger partial charge on any atom is -0.330 e. The van der Waals surface area contributed by atoms with Crippen molar-refractivity contribution >= 4 is 0 Å². The van der Waals surface area contributed by atoms with Crippen LogP contribution in [0.3, 0.4) is 0 Å². The Hall–Kier alpha value is -0.870. The first-order valence-corrected chi connectivity index (χ1v) is 5.20. The molecule has 0 aliphatic carbocycles. The summed E-state index contributed by atoms with van der Waals surface area (Å²) in [4.78, 5) is 4.15. The van der Waals surface area contributed by atoms with Crippen LogP contribution in [0.25, 0.3) is 0 Å². The van der Waals surface area contributed by atoms with Crippen molar-refractivity contribution in [2.24, 2.45) is 11.5 Å². The molecular weight excluding hydrogens is 176 g/mol. The van der Waals surface area contributed by atoms with Crippen LogP contribution in [-0.4, -0.2) is 16.1 Å². The molecule has 0 bridgehead atoms. The zero-order valence-corrected chi connectivity index (χ0v) is 8.82. The molecule has 0 amide bonds. The maximum atomic E-state index is 6.01. The molecule has 1 heterocycles. The second kappa shape index (κ2) is 5.78. The average Bonchev–Trinajstić information content (AvgIpc) is 2.59. The SMILES string of the molecule is Cc1nccn1C(N)CCCCCN. The molecule has 4 N–H and O–H groups in total. The van der Waals surface area contributed by atoms with E-state index < -0.39 is 0 Å². The standard InChI is InChI=1S/C10H20N4/c1-9-13-7-8-14(9)10(12)5-3-2-4-6-11/h7-8,10H,2-6,11-12H2,1H3. The van der Waals surface area contributed by atoms with E-state index in [1.807, 2.05) is 17.7 Å². The van der Waals surface area contributed by atoms with Gasteiger partial charge in [-0.25, -0.2) is 4.98 Å². The fourth-order valence-corrected chi connectivity index (χ4v) is 1.55. The van der Waals surface area contributed by atoms with E-state index in [9.17, 15) is 0 Å². The lowest BCUT2D eigenvalue weighted by Gasteiger charge is -2.14. The molecule has 1 unspecified atom stereocenters. The summed E-state index contributed by atoms with van der Waals surface area (Å²) in [5.74, 6) is 0.983. The molecule has 0 fully saturated rings. The number of aromatic nitrogens is 2. The lowest BCUT2D eigenvalue weighted by atomic mass is 10.1. The Morgan fingerprint density at radius 2 is 2.21 bits per heavy atom. The third-order valence-corrected chi connectivity index (χ3v) is 2.42. The monoisotopic (exact) mass is 196 g/mol. The summed E-state index contributed by atoms with van der Waals surface area (Å²) in [6, 6.07) is 0. The number of hydrogen-bond donors (Lipinski definition) is 2. The molecule has 0 aliphatic heterocycles. The van der Waals surface area contributed by atoms with E-state index in [1.165, 1.54) is 0 Å². The zero-order valence-electron chi connectivity index (χ0n) is 8.82. The molecule has 1 aromatic heterocycles. The number of nitrogens with two attached hydrogens (primary N) is 2. The molecule has 80 valence electrons. The summed E-state index contributed by atoms with van der Waals surface area (Å²) in [7, 11) is 0. The molecule has 0 saturated heterocycles. The molecule has 1 rings (SSSR count). The summed E-state index contributed by atoms with van der Waals surface area (Å²) in [6.07, 6.45) is 8.17. The van der Waals surface area contributed by atoms with Crippen molar-refractivity contribution < 1.29 is 0 Å². The molecule has 0 aromatic carbocycles. The van der Waals surface area contributed by atoms with Gasteiger partial charge in [-0.3, -0.25) is 0 Å². The molecule has 0 radical (unpaired) electrons. The summed E-state index contributed by atoms with van der Waals surface area (Å²) in [6.45, 7) is 2.75. The molecule has 1 atom stereocenters. The van der Waals surface area contributed by atoms with Crippen LogP contribution in [-0.2, 0) is 0 Å². The molecule has 4 heteroatoms. The van der Waals surface area contributed by atoms with Crippen LogP contribution in [0.5, 0.6) is 0 Å². The number of unbranched alkanes of at least 4 members (excludes halogenated alkanes) is 2. The van der Waals surface area contributed by atoms with Crippen molar-refractivity contribution in [2.45, 2.75) is 38.8 Å². The normalized spacial score (nSPS) is 13.1. The van der Waals surface area contributed by atoms with Crippen molar-refractivity contribution in [1.82, 2.24) is 9.55 Å². The number of nitrogens with zero attached hydrogens (tertiary/aromatic N) is 2. The largest absolute Gasteiger partial charge is 0.330 e. The van der Waals surface area contributed by atoms with Crippen LogP contribution < -0.4 is 11.5 Å². The van der Waals surface area contributed by atoms with E-state index in [0.29, 0.717) is 0 Å². The van der Waals surface area contributed by atoms with Crippen molar-refractivity contribution in [3.63, 3.8) is 0 Å². The van der Waals surface area contributed by atoms with Gasteiger partial charge in [0.15, 0.2) is 0 Å². The third-order valence-electron chi connectivity index (χ3n) is 2.42. The Balaban J connectivity index is 2.28. The Kier molecular flexibility index (Phi) is 4.62. The van der Waals surface area contributed by atoms with Crippen molar-refractivity contribution in [2.75, 3.05) is 6.54 Å². The van der Waals surface area contributed by atoms with Crippen molar-refractivity contribution in [1.29, 1.82) is 0 Å². The molecule has 0 spiro atoms. The van der Waals surface area contributed by atoms with E-state index in [0.717, 1.165) is 38.1 Å². The van der Waals surface area contributed by atoms with E-state index in [4.69, 9.17) is 11.5 Å². The van der Waals surface area contributed by atoms with Crippen LogP contribution in [0.4, 0.5) is 0 Å². The maximum Gasteiger partial charge on any atom is 0.106 e. The second-order valence-electron chi connectivity index (χ2n) is 3.59. The minimum absolute atomic E-state index is 0.0651. The summed E-state index contributed by atoms with van der Waals surface area (Å²) in [5.41, 5.74) is 11.4. The van der Waals surface area contributed by atoms with Crippen LogP contribution in [0.1, 0.15) is 37.7 Å². The van der Waals surface area contributed by atoms with Crippen LogP contribution in [0.15, 0.2) is 12.4 Å². The van der Waals surface area contributed by atoms with Gasteiger partial charge in [0.1, 0.15) is 5.82 Å². The lowest BCUT2D eigenvalue weighted by Crippen LogP contribution is -2.19. The average molecular weight is 196 g/mol. The van der Waals surface area contributed by atoms with Crippen LogP contribution in [0.2, 0.25) is 0 Å². The number of hydrogen-bond acceptors (Lipinski definition) is 3. The maximum absolute atomic E-state index is 6.01. The smallest absolute Gasteiger partial charge is 0.106 e. The molecule has 1 aromatic rings. The fraction of sp³-hybridized carbons (Fsp3) is 0.700. The Labute approximate surface area is 85.3 Å². The van der Waals surface area contributed by atoms with Gasteiger partial charge in [0.2, 0.25) is 0 Å². The quantitative estimate of drug-likeness (QED) is 0.671. The van der Waals surface area contributed by atoms with E-state index in [-0.39, 0.29) is 6.17 Å². The van der Waals surface area contributed by atoms with Crippen molar-refractivity contribution in [3.8, 4) is 0 Å². The Bertz CT molecular complexity index is 256. The lowest BCUT2D eigenvalue weighted by molar-refractivity contribution is 0.447. The highest BCUT2D eigenvalue weighted by atomic mass is 15.1. The molecule has 0 aliphatic rings. The predicted octanol–water partition coefficient (Wildman–Crippen LogP) is 1.17. The highest BCUT2D eigenvalue weighted by molar-refractivity contribution is 4.90. The van der Waals surface area contributed by atoms with Gasteiger partial charge in [0, 0.05) is 12.4 Å². The Morgan fingerprint density at radius 1 is 1.43 bits per heavy atom. The molecule has 4 nitrogen and oxygen atoms in total. The minimum atomic E-state index is 0.0651. The van der Waals surface area contributed by atoms with Gasteiger partial charge in [-0.2, -0.15) is 0 Å². The van der Waals surface area contributed by atoms with Crippen molar-refractivity contribution in [3.05, 3.63) is 18.2 Å². The first kappa shape index (κ1) is 11.2. The fourth-order valence-electron chi connectivity index (χ4n) is 1.55. The number of rotatable bonds is 6. The highest BCUT2D eigenvalue weighted by Crippen LogP contribution is 2.11. The molecular formula is C10H20N4. The Morgan fingerprint density at radius 3 is 2.79 bits per heavy atom. The van der Waals surface area contributed by atoms with Gasteiger partial charge < -0.3 is 16.0 Å². The van der Waals surface area contributed by atoms with Gasteiger partial charge in [-0.1, -0.05) is 6.42 Å².